The summed E-state index contributed by atoms with van der Waals surface area (Å²) in [5, 5.41) is 120. The Morgan fingerprint density at radius 3 is 1.95 bits per heavy atom. The molecule has 14 N–H and O–H groups in total. The Balaban J connectivity index is 1.88. The molecule has 2 bridgehead atoms. The van der Waals surface area contributed by atoms with Crippen molar-refractivity contribution in [2.45, 2.75) is 163 Å². The maximum Gasteiger partial charge on any atom is 0.308 e. The van der Waals surface area contributed by atoms with Gasteiger partial charge in [-0.1, -0.05) is 92.0 Å². The largest absolute Gasteiger partial charge is 0.462 e. The first-order chi connectivity index (χ1) is 31.3. The molecule has 0 saturated carbocycles. The van der Waals surface area contributed by atoms with Gasteiger partial charge in [0.2, 0.25) is 5.91 Å². The number of aliphatic hydroxyl groups excluding tert-OH is 10. The third-order valence-electron chi connectivity index (χ3n) is 11.5. The molecule has 0 aromatic rings. The second-order valence-corrected chi connectivity index (χ2v) is 17.4. The lowest BCUT2D eigenvalue weighted by molar-refractivity contribution is -0.304. The van der Waals surface area contributed by atoms with E-state index in [1.54, 1.807) is 73.8 Å². The molecule has 2 fully saturated rings. The summed E-state index contributed by atoms with van der Waals surface area (Å²) in [6, 6.07) is -1.12. The third kappa shape index (κ3) is 20.4. The van der Waals surface area contributed by atoms with Gasteiger partial charge in [0.05, 0.1) is 92.6 Å². The Morgan fingerprint density at radius 2 is 1.33 bits per heavy atom. The number of ether oxygens (including phenoxy) is 4. The number of esters is 1. The van der Waals surface area contributed by atoms with Crippen molar-refractivity contribution in [1.82, 2.24) is 5.32 Å². The summed E-state index contributed by atoms with van der Waals surface area (Å²) in [5.41, 5.74) is 5.97. The number of carbonyl (C=O) groups excluding carboxylic acids is 2. The van der Waals surface area contributed by atoms with E-state index in [2.05, 4.69) is 5.32 Å². The average molecular weight is 939 g/mol. The van der Waals surface area contributed by atoms with Crippen LogP contribution in [-0.4, -0.2) is 179 Å². The molecule has 17 atom stereocenters. The lowest BCUT2D eigenvalue weighted by Crippen LogP contribution is -2.59. The van der Waals surface area contributed by atoms with Crippen LogP contribution in [0.1, 0.15) is 71.6 Å². The van der Waals surface area contributed by atoms with Gasteiger partial charge in [-0.15, -0.1) is 0 Å². The summed E-state index contributed by atoms with van der Waals surface area (Å²) < 4.78 is 23.1. The molecule has 3 heterocycles. The van der Waals surface area contributed by atoms with E-state index in [4.69, 9.17) is 24.7 Å². The van der Waals surface area contributed by atoms with E-state index in [0.717, 1.165) is 0 Å². The van der Waals surface area contributed by atoms with Crippen molar-refractivity contribution in [1.29, 1.82) is 0 Å². The monoisotopic (exact) mass is 938 g/mol. The topological polar surface area (TPSA) is 332 Å². The van der Waals surface area contributed by atoms with Crippen LogP contribution in [0.4, 0.5) is 0 Å². The van der Waals surface area contributed by atoms with E-state index >= 15 is 0 Å². The van der Waals surface area contributed by atoms with Gasteiger partial charge in [-0.25, -0.2) is 0 Å². The molecule has 3 aliphatic rings. The zero-order valence-electron chi connectivity index (χ0n) is 37.8. The van der Waals surface area contributed by atoms with Gasteiger partial charge in [-0.2, -0.15) is 0 Å². The van der Waals surface area contributed by atoms with Crippen LogP contribution >= 0.6 is 0 Å². The third-order valence-corrected chi connectivity index (χ3v) is 11.5. The second kappa shape index (κ2) is 29.4. The molecule has 6 unspecified atom stereocenters. The Labute approximate surface area is 386 Å². The fourth-order valence-electron chi connectivity index (χ4n) is 7.81. The zero-order chi connectivity index (χ0) is 48.8. The van der Waals surface area contributed by atoms with Crippen LogP contribution in [0, 0.1) is 11.8 Å². The van der Waals surface area contributed by atoms with E-state index in [1.165, 1.54) is 0 Å². The van der Waals surface area contributed by atoms with Crippen LogP contribution in [-0.2, 0) is 28.5 Å². The zero-order valence-corrected chi connectivity index (χ0v) is 37.8. The fourth-order valence-corrected chi connectivity index (χ4v) is 7.81. The van der Waals surface area contributed by atoms with Crippen LogP contribution in [0.5, 0.6) is 0 Å². The molecule has 0 spiro atoms. The SMILES string of the molecule is C[C@H]1C[C@H](O)[C@@H](C)/C=C/C=C/C=C/C=C/C=C/C=C/C=C/C(O[C@@H]2OC[C@@H](O)[C@H](N)[C@H]2O)C[C@@H]2OC(O)(C[C@@H](O)C[C@@H](O)C(O)CCC(O)CC(O)CC(=O)O1)C[C@H](O)C2C(=O)NCCO. The van der Waals surface area contributed by atoms with Crippen LogP contribution < -0.4 is 11.1 Å². The maximum atomic E-state index is 13.4. The van der Waals surface area contributed by atoms with E-state index in [-0.39, 0.29) is 51.2 Å². The quantitative estimate of drug-likeness (QED) is 0.149. The number of allylic oxidation sites excluding steroid dienone is 12. The van der Waals surface area contributed by atoms with E-state index in [0.29, 0.717) is 0 Å². The van der Waals surface area contributed by atoms with Gasteiger partial charge in [0.25, 0.3) is 0 Å². The Kier molecular flexibility index (Phi) is 25.3. The molecule has 3 aliphatic heterocycles. The number of nitrogens with one attached hydrogen (secondary N) is 1. The van der Waals surface area contributed by atoms with Crippen LogP contribution in [0.3, 0.4) is 0 Å². The highest BCUT2D eigenvalue weighted by molar-refractivity contribution is 5.80. The number of aliphatic hydroxyl groups is 11. The first-order valence-corrected chi connectivity index (χ1v) is 22.6. The van der Waals surface area contributed by atoms with Gasteiger partial charge in [0.1, 0.15) is 12.2 Å². The molecule has 3 rings (SSSR count). The number of nitrogens with two attached hydrogens (primary N) is 1. The molecule has 2 saturated heterocycles. The Hall–Kier alpha value is -3.48. The Bertz CT molecular complexity index is 1650. The van der Waals surface area contributed by atoms with Crippen molar-refractivity contribution in [3.05, 3.63) is 85.1 Å². The molecule has 0 aromatic carbocycles. The molecule has 19 nitrogen and oxygen atoms in total. The predicted octanol–water partition coefficient (Wildman–Crippen LogP) is -0.899. The van der Waals surface area contributed by atoms with Gasteiger partial charge >= 0.3 is 5.97 Å². The molecule has 19 heteroatoms. The smallest absolute Gasteiger partial charge is 0.308 e. The number of fused-ring (bicyclic) bond motifs is 2. The summed E-state index contributed by atoms with van der Waals surface area (Å²) in [6.07, 6.45) is 5.32. The van der Waals surface area contributed by atoms with Crippen LogP contribution in [0.2, 0.25) is 0 Å². The van der Waals surface area contributed by atoms with Crippen molar-refractivity contribution >= 4 is 11.9 Å². The van der Waals surface area contributed by atoms with Crippen molar-refractivity contribution in [3.8, 4) is 0 Å². The molecule has 0 radical (unpaired) electrons. The summed E-state index contributed by atoms with van der Waals surface area (Å²) in [5.74, 6) is -5.33. The van der Waals surface area contributed by atoms with Crippen molar-refractivity contribution < 1.29 is 84.7 Å². The van der Waals surface area contributed by atoms with E-state index < -0.39 is 141 Å². The van der Waals surface area contributed by atoms with E-state index in [1.807, 2.05) is 25.2 Å². The summed E-state index contributed by atoms with van der Waals surface area (Å²) in [7, 11) is 0. The highest BCUT2D eigenvalue weighted by Gasteiger charge is 2.50. The number of hydrogen-bond donors (Lipinski definition) is 13. The van der Waals surface area contributed by atoms with Gasteiger partial charge in [-0.3, -0.25) is 9.59 Å². The van der Waals surface area contributed by atoms with Gasteiger partial charge in [-0.05, 0) is 26.2 Å². The highest BCUT2D eigenvalue weighted by atomic mass is 16.7. The number of carbonyl (C=O) groups is 2. The lowest BCUT2D eigenvalue weighted by Gasteiger charge is -2.45. The Morgan fingerprint density at radius 1 is 0.727 bits per heavy atom. The van der Waals surface area contributed by atoms with Gasteiger partial charge < -0.3 is 86.2 Å². The van der Waals surface area contributed by atoms with Crippen LogP contribution in [0.25, 0.3) is 0 Å². The maximum absolute atomic E-state index is 13.4. The first kappa shape index (κ1) is 56.8. The molecule has 374 valence electrons. The molecule has 0 aliphatic carbocycles. The average Bonchev–Trinajstić information content (AvgIpc) is 3.23. The number of amides is 1. The highest BCUT2D eigenvalue weighted by Crippen LogP contribution is 2.38. The standard InChI is InChI=1S/C47H74N2O17/c1-29-15-13-11-9-7-5-3-4-6-8-10-12-14-16-34(65-46-44(60)43(48)39(58)28-63-46)25-40-42(45(61)49-19-20-50)38(57)27-47(62,66-40)26-33(53)23-37(56)35(54)18-17-31(51)22-32(52)24-41(59)64-30(2)21-36(29)55/h3-16,29-40,42-44,46,50-58,60,62H,17-28,48H2,1-2H3,(H,49,61)/b4-3+,7-5+,8-6+,11-9+,12-10+,15-13+,16-14+/t29-,30-,31?,32?,33-,34?,35?,36-,37+,38-,39+,40-,42?,43-,44+,46-,47?/m0/s1. The normalized spacial score (nSPS) is 42.7. The lowest BCUT2D eigenvalue weighted by atomic mass is 9.82. The minimum absolute atomic E-state index is 0.1000. The van der Waals surface area contributed by atoms with Gasteiger partial charge in [0, 0.05) is 44.6 Å². The fraction of sp³-hybridized carbons (Fsp3) is 0.660. The first-order valence-electron chi connectivity index (χ1n) is 22.6. The summed E-state index contributed by atoms with van der Waals surface area (Å²) in [4.78, 5) is 25.9. The number of rotatable bonds is 5. The van der Waals surface area contributed by atoms with Crippen molar-refractivity contribution in [3.63, 3.8) is 0 Å². The molecular weight excluding hydrogens is 865 g/mol. The molecule has 1 amide bonds. The minimum atomic E-state index is -2.29. The predicted molar refractivity (Wildman–Crippen MR) is 240 cm³/mol. The van der Waals surface area contributed by atoms with Crippen LogP contribution in [0.15, 0.2) is 85.1 Å². The molecular formula is C47H74N2O17. The summed E-state index contributed by atoms with van der Waals surface area (Å²) in [6.45, 7) is 2.62. The minimum Gasteiger partial charge on any atom is -0.462 e. The number of cyclic esters (lactones) is 1. The second-order valence-electron chi connectivity index (χ2n) is 17.4. The van der Waals surface area contributed by atoms with Crippen molar-refractivity contribution in [2.75, 3.05) is 19.8 Å². The van der Waals surface area contributed by atoms with Gasteiger partial charge in [0.15, 0.2) is 12.1 Å². The van der Waals surface area contributed by atoms with E-state index in [9.17, 15) is 65.8 Å². The van der Waals surface area contributed by atoms with Crippen molar-refractivity contribution in [2.24, 2.45) is 17.6 Å². The summed E-state index contributed by atoms with van der Waals surface area (Å²) >= 11 is 0. The molecule has 66 heavy (non-hydrogen) atoms. The molecule has 0 aromatic heterocycles. The number of hydrogen-bond acceptors (Lipinski definition) is 18.